The molecule has 1 saturated heterocycles. The van der Waals surface area contributed by atoms with Crippen molar-refractivity contribution in [1.82, 2.24) is 14.4 Å². The lowest BCUT2D eigenvalue weighted by Crippen LogP contribution is -2.50. The molecule has 2 aromatic rings. The highest BCUT2D eigenvalue weighted by molar-refractivity contribution is 7.89. The lowest BCUT2D eigenvalue weighted by atomic mass is 10.1. The largest absolute Gasteiger partial charge is 0.416 e. The Balaban J connectivity index is 1.71. The van der Waals surface area contributed by atoms with E-state index in [-0.39, 0.29) is 37.0 Å². The fourth-order valence-electron chi connectivity index (χ4n) is 3.04. The van der Waals surface area contributed by atoms with Gasteiger partial charge in [-0.15, -0.1) is 0 Å². The number of aromatic nitrogens is 1. The third kappa shape index (κ3) is 3.76. The number of carbonyl (C=O) groups excluding carboxylic acids is 1. The Morgan fingerprint density at radius 1 is 1.07 bits per heavy atom. The number of sulfonamides is 1. The van der Waals surface area contributed by atoms with Gasteiger partial charge in [0.1, 0.15) is 11.3 Å². The first-order valence-electron chi connectivity index (χ1n) is 8.41. The molecular weight excluding hydrogens is 399 g/mol. The van der Waals surface area contributed by atoms with Gasteiger partial charge in [-0.2, -0.15) is 17.5 Å². The van der Waals surface area contributed by atoms with Crippen molar-refractivity contribution in [2.24, 2.45) is 0 Å². The molecule has 1 fully saturated rings. The van der Waals surface area contributed by atoms with Crippen molar-refractivity contribution in [2.45, 2.75) is 24.9 Å². The minimum absolute atomic E-state index is 0.0401. The van der Waals surface area contributed by atoms with Crippen molar-refractivity contribution in [1.29, 1.82) is 0 Å². The van der Waals surface area contributed by atoms with E-state index < -0.39 is 21.8 Å². The molecule has 1 aliphatic heterocycles. The predicted octanol–water partition coefficient (Wildman–Crippen LogP) is 2.46. The lowest BCUT2D eigenvalue weighted by Gasteiger charge is -2.34. The third-order valence-electron chi connectivity index (χ3n) is 4.59. The van der Waals surface area contributed by atoms with Gasteiger partial charge in [0.25, 0.3) is 5.91 Å². The van der Waals surface area contributed by atoms with Crippen LogP contribution in [0.1, 0.15) is 27.4 Å². The Bertz CT molecular complexity index is 957. The van der Waals surface area contributed by atoms with Crippen molar-refractivity contribution in [3.05, 3.63) is 46.8 Å². The van der Waals surface area contributed by atoms with Gasteiger partial charge in [-0.05, 0) is 38.1 Å². The number of alkyl halides is 3. The Labute approximate surface area is 159 Å². The van der Waals surface area contributed by atoms with Crippen LogP contribution in [0.5, 0.6) is 0 Å². The molecule has 2 heterocycles. The monoisotopic (exact) mass is 417 g/mol. The Kier molecular flexibility index (Phi) is 5.24. The zero-order valence-electron chi connectivity index (χ0n) is 15.2. The lowest BCUT2D eigenvalue weighted by molar-refractivity contribution is -0.137. The van der Waals surface area contributed by atoms with E-state index in [4.69, 9.17) is 4.52 Å². The minimum Gasteiger partial charge on any atom is -0.361 e. The molecule has 0 atom stereocenters. The summed E-state index contributed by atoms with van der Waals surface area (Å²) in [7, 11) is -3.95. The Morgan fingerprint density at radius 2 is 1.64 bits per heavy atom. The molecule has 0 saturated carbocycles. The van der Waals surface area contributed by atoms with Crippen molar-refractivity contribution in [3.8, 4) is 0 Å². The SMILES string of the molecule is Cc1noc(C)c1C(=O)N1CCN(S(=O)(=O)c2ccc(C(F)(F)F)cc2)CC1. The van der Waals surface area contributed by atoms with E-state index >= 15 is 0 Å². The van der Waals surface area contributed by atoms with Gasteiger partial charge in [-0.25, -0.2) is 8.42 Å². The van der Waals surface area contributed by atoms with E-state index in [0.29, 0.717) is 17.0 Å². The fourth-order valence-corrected chi connectivity index (χ4v) is 4.47. The number of nitrogens with zero attached hydrogens (tertiary/aromatic N) is 3. The van der Waals surface area contributed by atoms with Crippen LogP contribution >= 0.6 is 0 Å². The summed E-state index contributed by atoms with van der Waals surface area (Å²) >= 11 is 0. The number of rotatable bonds is 3. The van der Waals surface area contributed by atoms with Crippen LogP contribution in [0.25, 0.3) is 0 Å². The normalized spacial score (nSPS) is 16.4. The number of piperazine rings is 1. The van der Waals surface area contributed by atoms with E-state index in [1.165, 1.54) is 4.90 Å². The van der Waals surface area contributed by atoms with Crippen LogP contribution in [0.3, 0.4) is 0 Å². The summed E-state index contributed by atoms with van der Waals surface area (Å²) in [6, 6.07) is 3.37. The van der Waals surface area contributed by atoms with E-state index in [9.17, 15) is 26.4 Å². The van der Waals surface area contributed by atoms with Crippen LogP contribution in [0.2, 0.25) is 0 Å². The molecule has 0 radical (unpaired) electrons. The second-order valence-electron chi connectivity index (χ2n) is 6.42. The first kappa shape index (κ1) is 20.3. The van der Waals surface area contributed by atoms with Gasteiger partial charge >= 0.3 is 6.18 Å². The van der Waals surface area contributed by atoms with E-state index in [2.05, 4.69) is 5.16 Å². The average Bonchev–Trinajstić information content (AvgIpc) is 2.99. The molecule has 11 heteroatoms. The highest BCUT2D eigenvalue weighted by atomic mass is 32.2. The van der Waals surface area contributed by atoms with Gasteiger partial charge in [0.2, 0.25) is 10.0 Å². The van der Waals surface area contributed by atoms with E-state index in [1.54, 1.807) is 13.8 Å². The van der Waals surface area contributed by atoms with Crippen molar-refractivity contribution in [3.63, 3.8) is 0 Å². The zero-order valence-corrected chi connectivity index (χ0v) is 16.0. The summed E-state index contributed by atoms with van der Waals surface area (Å²) in [5.74, 6) is 0.102. The maximum Gasteiger partial charge on any atom is 0.416 e. The molecule has 0 bridgehead atoms. The summed E-state index contributed by atoms with van der Waals surface area (Å²) in [6.07, 6.45) is -4.54. The van der Waals surface area contributed by atoms with Crippen molar-refractivity contribution >= 4 is 15.9 Å². The van der Waals surface area contributed by atoms with E-state index in [0.717, 1.165) is 28.6 Å². The number of benzene rings is 1. The third-order valence-corrected chi connectivity index (χ3v) is 6.51. The Morgan fingerprint density at radius 3 is 2.11 bits per heavy atom. The van der Waals surface area contributed by atoms with Gasteiger partial charge < -0.3 is 9.42 Å². The number of carbonyl (C=O) groups is 1. The smallest absolute Gasteiger partial charge is 0.361 e. The van der Waals surface area contributed by atoms with Crippen molar-refractivity contribution in [2.75, 3.05) is 26.2 Å². The summed E-state index contributed by atoms with van der Waals surface area (Å²) in [6.45, 7) is 3.66. The van der Waals surface area contributed by atoms with Crippen LogP contribution < -0.4 is 0 Å². The maximum atomic E-state index is 12.7. The molecule has 7 nitrogen and oxygen atoms in total. The zero-order chi connectivity index (χ0) is 20.7. The summed E-state index contributed by atoms with van der Waals surface area (Å²) in [4.78, 5) is 13.9. The van der Waals surface area contributed by atoms with Crippen LogP contribution in [0.15, 0.2) is 33.7 Å². The first-order valence-corrected chi connectivity index (χ1v) is 9.85. The van der Waals surface area contributed by atoms with Gasteiger partial charge in [0.05, 0.1) is 16.2 Å². The van der Waals surface area contributed by atoms with Crippen LogP contribution in [0, 0.1) is 13.8 Å². The first-order chi connectivity index (χ1) is 13.0. The standard InChI is InChI=1S/C17H18F3N3O4S/c1-11-15(12(2)27-21-11)16(24)22-7-9-23(10-8-22)28(25,26)14-5-3-13(4-6-14)17(18,19)20/h3-6H,7-10H2,1-2H3. The predicted molar refractivity (Wildman–Crippen MR) is 92.1 cm³/mol. The fraction of sp³-hybridized carbons (Fsp3) is 0.412. The van der Waals surface area contributed by atoms with Crippen LogP contribution in [-0.2, 0) is 16.2 Å². The summed E-state index contributed by atoms with van der Waals surface area (Å²) in [5, 5.41) is 3.74. The second kappa shape index (κ2) is 7.21. The number of halogens is 3. The van der Waals surface area contributed by atoms with E-state index in [1.807, 2.05) is 0 Å². The molecule has 1 aromatic heterocycles. The molecule has 0 N–H and O–H groups in total. The average molecular weight is 417 g/mol. The molecule has 1 amide bonds. The topological polar surface area (TPSA) is 83.7 Å². The highest BCUT2D eigenvalue weighted by Crippen LogP contribution is 2.30. The number of aryl methyl sites for hydroxylation is 2. The van der Waals surface area contributed by atoms with Gasteiger partial charge in [-0.3, -0.25) is 4.79 Å². The molecule has 0 spiro atoms. The molecule has 0 unspecified atom stereocenters. The van der Waals surface area contributed by atoms with Gasteiger partial charge in [-0.1, -0.05) is 5.16 Å². The molecule has 0 aliphatic carbocycles. The molecule has 1 aliphatic rings. The molecule has 152 valence electrons. The number of amides is 1. The molecular formula is C17H18F3N3O4S. The second-order valence-corrected chi connectivity index (χ2v) is 8.36. The molecule has 1 aromatic carbocycles. The van der Waals surface area contributed by atoms with Crippen molar-refractivity contribution < 1.29 is 30.9 Å². The summed E-state index contributed by atoms with van der Waals surface area (Å²) < 4.78 is 69.5. The molecule has 28 heavy (non-hydrogen) atoms. The Hall–Kier alpha value is -2.40. The summed E-state index contributed by atoms with van der Waals surface area (Å²) in [5.41, 5.74) is -0.0947. The van der Waals surface area contributed by atoms with Crippen LogP contribution in [-0.4, -0.2) is 54.9 Å². The van der Waals surface area contributed by atoms with Crippen LogP contribution in [0.4, 0.5) is 13.2 Å². The highest BCUT2D eigenvalue weighted by Gasteiger charge is 2.34. The maximum absolute atomic E-state index is 12.7. The minimum atomic E-state index is -4.54. The molecule has 3 rings (SSSR count). The van der Waals surface area contributed by atoms with Gasteiger partial charge in [0.15, 0.2) is 0 Å². The quantitative estimate of drug-likeness (QED) is 0.766. The van der Waals surface area contributed by atoms with Gasteiger partial charge in [0, 0.05) is 26.2 Å². The number of hydrogen-bond donors (Lipinski definition) is 0. The number of hydrogen-bond acceptors (Lipinski definition) is 5.